The van der Waals surface area contributed by atoms with Gasteiger partial charge in [0.2, 0.25) is 0 Å². The van der Waals surface area contributed by atoms with Gasteiger partial charge in [-0.3, -0.25) is 0 Å². The van der Waals surface area contributed by atoms with Gasteiger partial charge in [-0.1, -0.05) is 17.7 Å². The summed E-state index contributed by atoms with van der Waals surface area (Å²) in [6.07, 6.45) is 1.23. The maximum atomic E-state index is 10.9. The summed E-state index contributed by atoms with van der Waals surface area (Å²) >= 11 is 7.46. The average molecular weight is 280 g/mol. The van der Waals surface area contributed by atoms with Gasteiger partial charge in [-0.25, -0.2) is 8.42 Å². The second kappa shape index (κ2) is 5.91. The molecule has 1 aromatic carbocycles. The quantitative estimate of drug-likeness (QED) is 0.837. The maximum absolute atomic E-state index is 10.9. The molecule has 90 valence electrons. The van der Waals surface area contributed by atoms with Crippen molar-refractivity contribution in [2.45, 2.75) is 11.4 Å². The number of benzene rings is 1. The van der Waals surface area contributed by atoms with E-state index in [2.05, 4.69) is 0 Å². The molecule has 0 aromatic heterocycles. The van der Waals surface area contributed by atoms with Gasteiger partial charge in [0, 0.05) is 28.5 Å². The Morgan fingerprint density at radius 2 is 2.12 bits per heavy atom. The molecular formula is C10H14ClNO2S2. The van der Waals surface area contributed by atoms with E-state index in [1.165, 1.54) is 18.0 Å². The summed E-state index contributed by atoms with van der Waals surface area (Å²) in [5.41, 5.74) is 6.38. The first kappa shape index (κ1) is 13.8. The Hall–Kier alpha value is -0.230. The molecule has 1 aromatic rings. The lowest BCUT2D eigenvalue weighted by atomic mass is 10.2. The molecule has 0 saturated heterocycles. The van der Waals surface area contributed by atoms with Gasteiger partial charge in [0.1, 0.15) is 9.84 Å². The molecule has 1 rings (SSSR count). The van der Waals surface area contributed by atoms with Gasteiger partial charge in [-0.2, -0.15) is 0 Å². The van der Waals surface area contributed by atoms with Gasteiger partial charge in [0.15, 0.2) is 0 Å². The minimum atomic E-state index is -2.89. The smallest absolute Gasteiger partial charge is 0.148 e. The Morgan fingerprint density at radius 3 is 2.62 bits per heavy atom. The molecule has 0 aliphatic rings. The Morgan fingerprint density at radius 1 is 1.44 bits per heavy atom. The number of hydrogen-bond acceptors (Lipinski definition) is 4. The summed E-state index contributed by atoms with van der Waals surface area (Å²) in [6, 6.07) is 5.59. The first-order valence-electron chi connectivity index (χ1n) is 4.71. The molecule has 16 heavy (non-hydrogen) atoms. The SMILES string of the molecule is CS(=O)(=O)CCSc1ccc(CN)c(Cl)c1. The molecular weight excluding hydrogens is 266 g/mol. The van der Waals surface area contributed by atoms with Crippen LogP contribution < -0.4 is 5.73 Å². The van der Waals surface area contributed by atoms with Crippen molar-refractivity contribution in [3.8, 4) is 0 Å². The molecule has 6 heteroatoms. The average Bonchev–Trinajstić information content (AvgIpc) is 2.16. The van der Waals surface area contributed by atoms with Crippen molar-refractivity contribution in [1.29, 1.82) is 0 Å². The number of nitrogens with two attached hydrogens (primary N) is 1. The lowest BCUT2D eigenvalue weighted by Gasteiger charge is -2.04. The van der Waals surface area contributed by atoms with Crippen LogP contribution in [0.3, 0.4) is 0 Å². The summed E-state index contributed by atoms with van der Waals surface area (Å²) in [5, 5.41) is 0.631. The fraction of sp³-hybridized carbons (Fsp3) is 0.400. The van der Waals surface area contributed by atoms with Crippen LogP contribution in [-0.2, 0) is 16.4 Å². The fourth-order valence-electron chi connectivity index (χ4n) is 1.09. The van der Waals surface area contributed by atoms with E-state index in [1.807, 2.05) is 18.2 Å². The predicted molar refractivity (Wildman–Crippen MR) is 69.8 cm³/mol. The van der Waals surface area contributed by atoms with Crippen LogP contribution in [0.4, 0.5) is 0 Å². The number of halogens is 1. The largest absolute Gasteiger partial charge is 0.326 e. The topological polar surface area (TPSA) is 60.2 Å². The summed E-state index contributed by atoms with van der Waals surface area (Å²) in [6.45, 7) is 0.410. The van der Waals surface area contributed by atoms with Crippen LogP contribution in [0.25, 0.3) is 0 Å². The number of rotatable bonds is 5. The molecule has 0 saturated carbocycles. The van der Waals surface area contributed by atoms with Crippen molar-refractivity contribution in [3.05, 3.63) is 28.8 Å². The minimum Gasteiger partial charge on any atom is -0.326 e. The van der Waals surface area contributed by atoms with E-state index in [4.69, 9.17) is 17.3 Å². The van der Waals surface area contributed by atoms with Gasteiger partial charge in [0.25, 0.3) is 0 Å². The highest BCUT2D eigenvalue weighted by molar-refractivity contribution is 8.00. The van der Waals surface area contributed by atoms with Crippen molar-refractivity contribution in [2.75, 3.05) is 17.8 Å². The molecule has 0 radical (unpaired) electrons. The highest BCUT2D eigenvalue weighted by Crippen LogP contribution is 2.24. The Balaban J connectivity index is 2.59. The third-order valence-electron chi connectivity index (χ3n) is 1.97. The third kappa shape index (κ3) is 4.74. The highest BCUT2D eigenvalue weighted by atomic mass is 35.5. The standard InChI is InChI=1S/C10H14ClNO2S2/c1-16(13,14)5-4-15-9-3-2-8(7-12)10(11)6-9/h2-3,6H,4-5,7,12H2,1H3. The first-order valence-corrected chi connectivity index (χ1v) is 8.14. The lowest BCUT2D eigenvalue weighted by Crippen LogP contribution is -2.04. The van der Waals surface area contributed by atoms with Crippen LogP contribution >= 0.6 is 23.4 Å². The van der Waals surface area contributed by atoms with Crippen molar-refractivity contribution < 1.29 is 8.42 Å². The van der Waals surface area contributed by atoms with Crippen LogP contribution in [0, 0.1) is 0 Å². The molecule has 0 spiro atoms. The summed E-state index contributed by atoms with van der Waals surface area (Å²) in [7, 11) is -2.89. The summed E-state index contributed by atoms with van der Waals surface area (Å²) in [4.78, 5) is 0.964. The molecule has 0 unspecified atom stereocenters. The molecule has 0 heterocycles. The van der Waals surface area contributed by atoms with Gasteiger partial charge >= 0.3 is 0 Å². The summed E-state index contributed by atoms with van der Waals surface area (Å²) < 4.78 is 21.9. The van der Waals surface area contributed by atoms with Gasteiger partial charge in [-0.05, 0) is 17.7 Å². The molecule has 0 fully saturated rings. The number of thioether (sulfide) groups is 1. The molecule has 0 aliphatic carbocycles. The molecule has 2 N–H and O–H groups in total. The zero-order chi connectivity index (χ0) is 12.2. The van der Waals surface area contributed by atoms with Gasteiger partial charge in [0.05, 0.1) is 5.75 Å². The first-order chi connectivity index (χ1) is 7.42. The van der Waals surface area contributed by atoms with Gasteiger partial charge in [-0.15, -0.1) is 11.8 Å². The number of sulfone groups is 1. The summed E-state index contributed by atoms with van der Waals surface area (Å²) in [5.74, 6) is 0.713. The maximum Gasteiger partial charge on any atom is 0.148 e. The Kier molecular flexibility index (Phi) is 5.11. The second-order valence-corrected chi connectivity index (χ2v) is 7.27. The second-order valence-electron chi connectivity index (χ2n) is 3.44. The van der Waals surface area contributed by atoms with Crippen molar-refractivity contribution in [1.82, 2.24) is 0 Å². The van der Waals surface area contributed by atoms with E-state index < -0.39 is 9.84 Å². The highest BCUT2D eigenvalue weighted by Gasteiger charge is 2.04. The van der Waals surface area contributed by atoms with E-state index in [0.29, 0.717) is 17.3 Å². The van der Waals surface area contributed by atoms with Crippen LogP contribution in [0.5, 0.6) is 0 Å². The molecule has 0 amide bonds. The monoisotopic (exact) mass is 279 g/mol. The van der Waals surface area contributed by atoms with Crippen molar-refractivity contribution in [2.24, 2.45) is 5.73 Å². The van der Waals surface area contributed by atoms with Crippen LogP contribution in [0.15, 0.2) is 23.1 Å². The van der Waals surface area contributed by atoms with Gasteiger partial charge < -0.3 is 5.73 Å². The van der Waals surface area contributed by atoms with E-state index in [9.17, 15) is 8.42 Å². The fourth-order valence-corrected chi connectivity index (χ4v) is 3.56. The Labute approximate surface area is 105 Å². The third-order valence-corrected chi connectivity index (χ3v) is 4.52. The zero-order valence-electron chi connectivity index (χ0n) is 8.94. The lowest BCUT2D eigenvalue weighted by molar-refractivity contribution is 0.603. The van der Waals surface area contributed by atoms with E-state index in [1.54, 1.807) is 0 Å². The minimum absolute atomic E-state index is 0.175. The van der Waals surface area contributed by atoms with Crippen LogP contribution in [-0.4, -0.2) is 26.2 Å². The van der Waals surface area contributed by atoms with Crippen molar-refractivity contribution >= 4 is 33.2 Å². The van der Waals surface area contributed by atoms with E-state index in [-0.39, 0.29) is 5.75 Å². The van der Waals surface area contributed by atoms with E-state index >= 15 is 0 Å². The van der Waals surface area contributed by atoms with Crippen LogP contribution in [0.1, 0.15) is 5.56 Å². The zero-order valence-corrected chi connectivity index (χ0v) is 11.3. The molecule has 0 aliphatic heterocycles. The Bertz CT molecular complexity index is 460. The molecule has 0 atom stereocenters. The number of hydrogen-bond donors (Lipinski definition) is 1. The van der Waals surface area contributed by atoms with Crippen molar-refractivity contribution in [3.63, 3.8) is 0 Å². The van der Waals surface area contributed by atoms with Crippen LogP contribution in [0.2, 0.25) is 5.02 Å². The normalized spacial score (nSPS) is 11.7. The molecule has 3 nitrogen and oxygen atoms in total. The predicted octanol–water partition coefficient (Wildman–Crippen LogP) is 1.94. The molecule has 0 bridgehead atoms. The van der Waals surface area contributed by atoms with E-state index in [0.717, 1.165) is 10.5 Å².